The Balaban J connectivity index is 2.80. The Morgan fingerprint density at radius 1 is 1.20 bits per heavy atom. The van der Waals surface area contributed by atoms with Gasteiger partial charge in [-0.2, -0.15) is 13.2 Å². The van der Waals surface area contributed by atoms with Gasteiger partial charge in [-0.25, -0.2) is 0 Å². The maximum absolute atomic E-state index is 12.4. The summed E-state index contributed by atoms with van der Waals surface area (Å²) in [6.45, 7) is 3.48. The maximum atomic E-state index is 12.4. The fraction of sp³-hybridized carbons (Fsp3) is 0.455. The summed E-state index contributed by atoms with van der Waals surface area (Å²) in [6, 6.07) is 6.01. The highest BCUT2D eigenvalue weighted by atomic mass is 19.4. The highest BCUT2D eigenvalue weighted by Gasteiger charge is 2.36. The minimum atomic E-state index is -4.19. The van der Waals surface area contributed by atoms with Crippen LogP contribution in [-0.2, 0) is 0 Å². The largest absolute Gasteiger partial charge is 0.494 e. The third-order valence-electron chi connectivity index (χ3n) is 2.18. The molecule has 1 aromatic carbocycles. The number of alkyl halides is 3. The third-order valence-corrected chi connectivity index (χ3v) is 2.18. The molecule has 0 aromatic heterocycles. The van der Waals surface area contributed by atoms with Crippen LogP contribution in [0.2, 0.25) is 0 Å². The van der Waals surface area contributed by atoms with Crippen LogP contribution < -0.4 is 4.74 Å². The smallest absolute Gasteiger partial charge is 0.395 e. The molecular formula is C11H13F3O. The molecule has 1 aromatic rings. The van der Waals surface area contributed by atoms with E-state index in [1.807, 2.05) is 6.92 Å². The van der Waals surface area contributed by atoms with Crippen LogP contribution in [0.1, 0.15) is 25.3 Å². The van der Waals surface area contributed by atoms with Crippen molar-refractivity contribution >= 4 is 0 Å². The molecule has 15 heavy (non-hydrogen) atoms. The van der Waals surface area contributed by atoms with E-state index in [-0.39, 0.29) is 5.56 Å². The fourth-order valence-electron chi connectivity index (χ4n) is 1.21. The van der Waals surface area contributed by atoms with E-state index in [0.29, 0.717) is 12.4 Å². The zero-order valence-corrected chi connectivity index (χ0v) is 8.64. The van der Waals surface area contributed by atoms with Gasteiger partial charge in [-0.15, -0.1) is 0 Å². The number of hydrogen-bond acceptors (Lipinski definition) is 1. The van der Waals surface area contributed by atoms with Crippen LogP contribution in [0.5, 0.6) is 5.75 Å². The molecule has 0 unspecified atom stereocenters. The molecule has 0 saturated heterocycles. The number of rotatable bonds is 3. The van der Waals surface area contributed by atoms with Crippen molar-refractivity contribution in [3.63, 3.8) is 0 Å². The van der Waals surface area contributed by atoms with E-state index >= 15 is 0 Å². The Morgan fingerprint density at radius 2 is 1.73 bits per heavy atom. The summed E-state index contributed by atoms with van der Waals surface area (Å²) in [5.41, 5.74) is 0.256. The van der Waals surface area contributed by atoms with Crippen molar-refractivity contribution < 1.29 is 17.9 Å². The van der Waals surface area contributed by atoms with E-state index in [4.69, 9.17) is 4.74 Å². The van der Waals surface area contributed by atoms with Crippen LogP contribution in [0.3, 0.4) is 0 Å². The molecule has 0 fully saturated rings. The second-order valence-electron chi connectivity index (χ2n) is 3.27. The predicted octanol–water partition coefficient (Wildman–Crippen LogP) is 3.75. The Labute approximate surface area is 86.9 Å². The van der Waals surface area contributed by atoms with Gasteiger partial charge in [-0.05, 0) is 31.5 Å². The minimum absolute atomic E-state index is 0.256. The van der Waals surface area contributed by atoms with Gasteiger partial charge in [0.2, 0.25) is 0 Å². The molecule has 84 valence electrons. The average Bonchev–Trinajstić information content (AvgIpc) is 2.17. The van der Waals surface area contributed by atoms with Gasteiger partial charge < -0.3 is 4.74 Å². The van der Waals surface area contributed by atoms with Crippen molar-refractivity contribution in [2.24, 2.45) is 0 Å². The predicted molar refractivity (Wildman–Crippen MR) is 52.1 cm³/mol. The van der Waals surface area contributed by atoms with Crippen molar-refractivity contribution in [3.05, 3.63) is 29.8 Å². The molecule has 0 spiro atoms. The summed E-state index contributed by atoms with van der Waals surface area (Å²) in [5.74, 6) is -0.844. The zero-order valence-electron chi connectivity index (χ0n) is 8.64. The van der Waals surface area contributed by atoms with Crippen LogP contribution in [-0.4, -0.2) is 12.8 Å². The molecule has 0 aliphatic heterocycles. The monoisotopic (exact) mass is 218 g/mol. The standard InChI is InChI=1S/C11H13F3O/c1-3-15-10-6-4-9(5-7-10)8(2)11(12,13)14/h4-8H,3H2,1-2H3/t8-/m0/s1. The van der Waals surface area contributed by atoms with Crippen molar-refractivity contribution in [2.75, 3.05) is 6.61 Å². The molecule has 4 heteroatoms. The number of benzene rings is 1. The van der Waals surface area contributed by atoms with E-state index in [1.54, 1.807) is 12.1 Å². The molecule has 0 saturated carbocycles. The average molecular weight is 218 g/mol. The molecule has 0 bridgehead atoms. The molecule has 0 aliphatic rings. The Bertz CT molecular complexity index is 303. The lowest BCUT2D eigenvalue weighted by molar-refractivity contribution is -0.146. The summed E-state index contributed by atoms with van der Waals surface area (Å²) >= 11 is 0. The number of ether oxygens (including phenoxy) is 1. The molecule has 0 amide bonds. The van der Waals surface area contributed by atoms with Crippen molar-refractivity contribution in [3.8, 4) is 5.75 Å². The summed E-state index contributed by atoms with van der Waals surface area (Å²) in [7, 11) is 0. The van der Waals surface area contributed by atoms with Crippen LogP contribution >= 0.6 is 0 Å². The van der Waals surface area contributed by atoms with Gasteiger partial charge in [0, 0.05) is 0 Å². The maximum Gasteiger partial charge on any atom is 0.395 e. The molecule has 0 radical (unpaired) electrons. The van der Waals surface area contributed by atoms with Crippen LogP contribution in [0, 0.1) is 0 Å². The third kappa shape index (κ3) is 3.15. The number of hydrogen-bond donors (Lipinski definition) is 0. The van der Waals surface area contributed by atoms with Gasteiger partial charge in [0.25, 0.3) is 0 Å². The Kier molecular flexibility index (Phi) is 3.61. The van der Waals surface area contributed by atoms with Gasteiger partial charge in [0.05, 0.1) is 12.5 Å². The first-order chi connectivity index (χ1) is 6.95. The second kappa shape index (κ2) is 4.55. The van der Waals surface area contributed by atoms with Gasteiger partial charge >= 0.3 is 6.18 Å². The molecule has 0 heterocycles. The fourth-order valence-corrected chi connectivity index (χ4v) is 1.21. The first kappa shape index (κ1) is 11.9. The second-order valence-corrected chi connectivity index (χ2v) is 3.27. The lowest BCUT2D eigenvalue weighted by atomic mass is 10.0. The van der Waals surface area contributed by atoms with Crippen molar-refractivity contribution in [1.82, 2.24) is 0 Å². The molecule has 1 rings (SSSR count). The van der Waals surface area contributed by atoms with Gasteiger partial charge in [0.1, 0.15) is 5.75 Å². The Hall–Kier alpha value is -1.19. The first-order valence-corrected chi connectivity index (χ1v) is 4.74. The minimum Gasteiger partial charge on any atom is -0.494 e. The quantitative estimate of drug-likeness (QED) is 0.750. The van der Waals surface area contributed by atoms with Crippen LogP contribution in [0.4, 0.5) is 13.2 Å². The lowest BCUT2D eigenvalue weighted by Gasteiger charge is -2.16. The highest BCUT2D eigenvalue weighted by Crippen LogP contribution is 2.34. The molecule has 1 atom stereocenters. The summed E-state index contributed by atoms with van der Waals surface area (Å²) in [4.78, 5) is 0. The zero-order chi connectivity index (χ0) is 11.5. The lowest BCUT2D eigenvalue weighted by Crippen LogP contribution is -2.17. The summed E-state index contributed by atoms with van der Waals surface area (Å²) in [6.07, 6.45) is -4.19. The molecule has 0 aliphatic carbocycles. The van der Waals surface area contributed by atoms with Crippen LogP contribution in [0.25, 0.3) is 0 Å². The molecule has 0 N–H and O–H groups in total. The van der Waals surface area contributed by atoms with Crippen molar-refractivity contribution in [1.29, 1.82) is 0 Å². The first-order valence-electron chi connectivity index (χ1n) is 4.74. The summed E-state index contributed by atoms with van der Waals surface area (Å²) < 4.78 is 42.2. The topological polar surface area (TPSA) is 9.23 Å². The van der Waals surface area contributed by atoms with Crippen LogP contribution in [0.15, 0.2) is 24.3 Å². The van der Waals surface area contributed by atoms with Gasteiger partial charge in [-0.1, -0.05) is 12.1 Å². The highest BCUT2D eigenvalue weighted by molar-refractivity contribution is 5.29. The van der Waals surface area contributed by atoms with E-state index < -0.39 is 12.1 Å². The normalized spacial score (nSPS) is 13.7. The van der Waals surface area contributed by atoms with E-state index in [1.165, 1.54) is 12.1 Å². The molecular weight excluding hydrogens is 205 g/mol. The Morgan fingerprint density at radius 3 is 2.13 bits per heavy atom. The summed E-state index contributed by atoms with van der Waals surface area (Å²) in [5, 5.41) is 0. The van der Waals surface area contributed by atoms with E-state index in [9.17, 15) is 13.2 Å². The van der Waals surface area contributed by atoms with Gasteiger partial charge in [0.15, 0.2) is 0 Å². The number of halogens is 3. The van der Waals surface area contributed by atoms with Crippen molar-refractivity contribution in [2.45, 2.75) is 25.9 Å². The van der Waals surface area contributed by atoms with E-state index in [0.717, 1.165) is 6.92 Å². The SMILES string of the molecule is CCOc1ccc([C@H](C)C(F)(F)F)cc1. The molecule has 1 nitrogen and oxygen atoms in total. The van der Waals surface area contributed by atoms with Gasteiger partial charge in [-0.3, -0.25) is 0 Å². The van der Waals surface area contributed by atoms with E-state index in [2.05, 4.69) is 0 Å².